The Hall–Kier alpha value is -2.43. The molecule has 0 aliphatic carbocycles. The molecule has 0 unspecified atom stereocenters. The molecule has 5 nitrogen and oxygen atoms in total. The molecule has 2 aromatic heterocycles. The summed E-state index contributed by atoms with van der Waals surface area (Å²) >= 11 is 0. The van der Waals surface area contributed by atoms with E-state index in [1.54, 1.807) is 12.5 Å². The SMILES string of the molecule is Cc1occc1CN(C)c1cc2[nH]ncc2cc1N. The normalized spacial score (nSPS) is 11.1. The number of anilines is 2. The second kappa shape index (κ2) is 4.35. The molecular formula is C14H16N4O. The molecule has 5 heteroatoms. The highest BCUT2D eigenvalue weighted by molar-refractivity contribution is 5.88. The first-order valence-electron chi connectivity index (χ1n) is 6.12. The van der Waals surface area contributed by atoms with Gasteiger partial charge < -0.3 is 15.1 Å². The Morgan fingerprint density at radius 2 is 2.26 bits per heavy atom. The molecule has 0 bridgehead atoms. The molecule has 0 aliphatic heterocycles. The largest absolute Gasteiger partial charge is 0.469 e. The third-order valence-electron chi connectivity index (χ3n) is 3.37. The van der Waals surface area contributed by atoms with Crippen molar-refractivity contribution in [1.29, 1.82) is 0 Å². The summed E-state index contributed by atoms with van der Waals surface area (Å²) in [6.07, 6.45) is 3.48. The topological polar surface area (TPSA) is 71.1 Å². The van der Waals surface area contributed by atoms with Gasteiger partial charge in [-0.25, -0.2) is 0 Å². The third kappa shape index (κ3) is 2.03. The molecule has 3 aromatic rings. The molecule has 3 N–H and O–H groups in total. The van der Waals surface area contributed by atoms with Crippen LogP contribution in [-0.2, 0) is 6.54 Å². The van der Waals surface area contributed by atoms with Gasteiger partial charge in [-0.15, -0.1) is 0 Å². The van der Waals surface area contributed by atoms with E-state index in [-0.39, 0.29) is 0 Å². The summed E-state index contributed by atoms with van der Waals surface area (Å²) in [6, 6.07) is 5.94. The minimum absolute atomic E-state index is 0.748. The van der Waals surface area contributed by atoms with Gasteiger partial charge in [-0.1, -0.05) is 0 Å². The fourth-order valence-corrected chi connectivity index (χ4v) is 2.24. The maximum absolute atomic E-state index is 6.11. The summed E-state index contributed by atoms with van der Waals surface area (Å²) < 4.78 is 5.32. The number of benzene rings is 1. The lowest BCUT2D eigenvalue weighted by Gasteiger charge is -2.21. The summed E-state index contributed by atoms with van der Waals surface area (Å²) in [5.41, 5.74) is 9.98. The Morgan fingerprint density at radius 1 is 1.42 bits per heavy atom. The Kier molecular flexibility index (Phi) is 2.67. The predicted molar refractivity (Wildman–Crippen MR) is 76.1 cm³/mol. The van der Waals surface area contributed by atoms with Crippen LogP contribution in [-0.4, -0.2) is 17.2 Å². The first-order chi connectivity index (χ1) is 9.15. The number of hydrogen-bond acceptors (Lipinski definition) is 4. The van der Waals surface area contributed by atoms with Crippen molar-refractivity contribution in [3.8, 4) is 0 Å². The highest BCUT2D eigenvalue weighted by Crippen LogP contribution is 2.28. The van der Waals surface area contributed by atoms with Crippen LogP contribution >= 0.6 is 0 Å². The third-order valence-corrected chi connectivity index (χ3v) is 3.37. The number of hydrogen-bond donors (Lipinski definition) is 2. The fraction of sp³-hybridized carbons (Fsp3) is 0.214. The van der Waals surface area contributed by atoms with Gasteiger partial charge >= 0.3 is 0 Å². The van der Waals surface area contributed by atoms with E-state index in [2.05, 4.69) is 15.1 Å². The number of aryl methyl sites for hydroxylation is 1. The van der Waals surface area contributed by atoms with E-state index >= 15 is 0 Å². The molecule has 3 rings (SSSR count). The number of nitrogen functional groups attached to an aromatic ring is 1. The lowest BCUT2D eigenvalue weighted by molar-refractivity contribution is 0.529. The Morgan fingerprint density at radius 3 is 3.00 bits per heavy atom. The van der Waals surface area contributed by atoms with Gasteiger partial charge in [0.05, 0.1) is 29.4 Å². The van der Waals surface area contributed by atoms with Crippen molar-refractivity contribution >= 4 is 22.3 Å². The summed E-state index contributed by atoms with van der Waals surface area (Å²) in [6.45, 7) is 2.72. The Bertz CT molecular complexity index is 713. The van der Waals surface area contributed by atoms with Gasteiger partial charge in [0, 0.05) is 24.5 Å². The van der Waals surface area contributed by atoms with Crippen LogP contribution in [0.5, 0.6) is 0 Å². The highest BCUT2D eigenvalue weighted by Gasteiger charge is 2.11. The smallest absolute Gasteiger partial charge is 0.105 e. The van der Waals surface area contributed by atoms with Crippen molar-refractivity contribution in [1.82, 2.24) is 10.2 Å². The fourth-order valence-electron chi connectivity index (χ4n) is 2.24. The molecule has 0 saturated heterocycles. The van der Waals surface area contributed by atoms with Gasteiger partial charge in [0.1, 0.15) is 5.76 Å². The number of aromatic nitrogens is 2. The molecular weight excluding hydrogens is 240 g/mol. The second-order valence-corrected chi connectivity index (χ2v) is 4.73. The van der Waals surface area contributed by atoms with Gasteiger partial charge in [-0.3, -0.25) is 5.10 Å². The standard InChI is InChI=1S/C14H16N4O/c1-9-10(3-4-19-9)8-18(2)14-6-13-11(5-12(14)15)7-16-17-13/h3-7H,8,15H2,1-2H3,(H,16,17). The van der Waals surface area contributed by atoms with Crippen LogP contribution < -0.4 is 10.6 Å². The maximum atomic E-state index is 6.11. The van der Waals surface area contributed by atoms with E-state index in [9.17, 15) is 0 Å². The molecule has 2 heterocycles. The molecule has 1 aromatic carbocycles. The van der Waals surface area contributed by atoms with Crippen molar-refractivity contribution in [2.45, 2.75) is 13.5 Å². The molecule has 98 valence electrons. The van der Waals surface area contributed by atoms with Gasteiger partial charge in [0.2, 0.25) is 0 Å². The summed E-state index contributed by atoms with van der Waals surface area (Å²) in [5, 5.41) is 8.00. The predicted octanol–water partition coefficient (Wildman–Crippen LogP) is 2.68. The lowest BCUT2D eigenvalue weighted by Crippen LogP contribution is -2.17. The van der Waals surface area contributed by atoms with Crippen LogP contribution in [0.15, 0.2) is 35.1 Å². The van der Waals surface area contributed by atoms with Gasteiger partial charge in [-0.2, -0.15) is 5.10 Å². The van der Waals surface area contributed by atoms with Crippen LogP contribution in [0.25, 0.3) is 10.9 Å². The first kappa shape index (κ1) is 11.6. The molecule has 0 saturated carbocycles. The molecule has 0 spiro atoms. The van der Waals surface area contributed by atoms with E-state index in [1.165, 1.54) is 0 Å². The minimum Gasteiger partial charge on any atom is -0.469 e. The van der Waals surface area contributed by atoms with Crippen LogP contribution in [0.1, 0.15) is 11.3 Å². The van der Waals surface area contributed by atoms with Gasteiger partial charge in [-0.05, 0) is 25.1 Å². The monoisotopic (exact) mass is 256 g/mol. The first-order valence-corrected chi connectivity index (χ1v) is 6.12. The van der Waals surface area contributed by atoms with E-state index in [0.717, 1.165) is 40.1 Å². The minimum atomic E-state index is 0.748. The average Bonchev–Trinajstić information content (AvgIpc) is 2.97. The van der Waals surface area contributed by atoms with Gasteiger partial charge in [0.25, 0.3) is 0 Å². The van der Waals surface area contributed by atoms with Gasteiger partial charge in [0.15, 0.2) is 0 Å². The molecule has 0 fully saturated rings. The number of aromatic amines is 1. The molecule has 0 aliphatic rings. The van der Waals surface area contributed by atoms with Crippen LogP contribution in [0.4, 0.5) is 11.4 Å². The summed E-state index contributed by atoms with van der Waals surface area (Å²) in [4.78, 5) is 2.10. The quantitative estimate of drug-likeness (QED) is 0.707. The Labute approximate surface area is 111 Å². The Balaban J connectivity index is 1.94. The van der Waals surface area contributed by atoms with E-state index in [4.69, 9.17) is 10.2 Å². The highest BCUT2D eigenvalue weighted by atomic mass is 16.3. The van der Waals surface area contributed by atoms with E-state index < -0.39 is 0 Å². The van der Waals surface area contributed by atoms with Crippen molar-refractivity contribution in [2.24, 2.45) is 0 Å². The summed E-state index contributed by atoms with van der Waals surface area (Å²) in [7, 11) is 2.01. The van der Waals surface area contributed by atoms with Crippen molar-refractivity contribution in [2.75, 3.05) is 17.7 Å². The van der Waals surface area contributed by atoms with E-state index in [1.807, 2.05) is 32.2 Å². The van der Waals surface area contributed by atoms with Crippen molar-refractivity contribution < 1.29 is 4.42 Å². The maximum Gasteiger partial charge on any atom is 0.105 e. The number of H-pyrrole nitrogens is 1. The van der Waals surface area contributed by atoms with Crippen LogP contribution in [0.2, 0.25) is 0 Å². The molecule has 0 atom stereocenters. The number of fused-ring (bicyclic) bond motifs is 1. The average molecular weight is 256 g/mol. The second-order valence-electron chi connectivity index (χ2n) is 4.73. The number of nitrogens with one attached hydrogen (secondary N) is 1. The number of furan rings is 1. The zero-order valence-corrected chi connectivity index (χ0v) is 11.0. The van der Waals surface area contributed by atoms with E-state index in [0.29, 0.717) is 0 Å². The molecule has 0 amide bonds. The number of nitrogens with zero attached hydrogens (tertiary/aromatic N) is 2. The zero-order valence-electron chi connectivity index (χ0n) is 11.0. The summed E-state index contributed by atoms with van der Waals surface area (Å²) in [5.74, 6) is 0.938. The van der Waals surface area contributed by atoms with Crippen molar-refractivity contribution in [3.05, 3.63) is 42.0 Å². The number of nitrogens with two attached hydrogens (primary N) is 1. The molecule has 0 radical (unpaired) electrons. The van der Waals surface area contributed by atoms with Crippen LogP contribution in [0.3, 0.4) is 0 Å². The number of rotatable bonds is 3. The van der Waals surface area contributed by atoms with Crippen LogP contribution in [0, 0.1) is 6.92 Å². The lowest BCUT2D eigenvalue weighted by atomic mass is 10.1. The molecule has 19 heavy (non-hydrogen) atoms. The van der Waals surface area contributed by atoms with Crippen molar-refractivity contribution in [3.63, 3.8) is 0 Å². The zero-order chi connectivity index (χ0) is 13.4.